The van der Waals surface area contributed by atoms with Crippen LogP contribution >= 0.6 is 0 Å². The maximum atomic E-state index is 13.8. The molecular formula is C25H33N3O7. The SMILES string of the molecule is CC(C)(C)OC(=O)N1C[C@@H](C(=O)O)C[C@@H](C(=O)N(c2ccc3c(c2)NC(=O)C(C)(C)O3)C2CC2)C1. The smallest absolute Gasteiger partial charge is 0.410 e. The number of nitrogens with one attached hydrogen (secondary N) is 1. The van der Waals surface area contributed by atoms with Gasteiger partial charge in [0, 0.05) is 24.8 Å². The molecule has 0 aromatic heterocycles. The van der Waals surface area contributed by atoms with E-state index < -0.39 is 35.1 Å². The number of ether oxygens (including phenoxy) is 2. The van der Waals surface area contributed by atoms with Gasteiger partial charge in [-0.15, -0.1) is 0 Å². The standard InChI is InChI=1S/C25H33N3O7/c1-24(2,3)35-23(33)27-12-14(10-15(13-27)21(30)31)20(29)28(16-6-7-16)17-8-9-19-18(11-17)26-22(32)25(4,5)34-19/h8-9,11,14-16H,6-7,10,12-13H2,1-5H3,(H,26,32)(H,30,31)/t14-,15+/m1/s1. The van der Waals surface area contributed by atoms with E-state index in [0.29, 0.717) is 17.1 Å². The monoisotopic (exact) mass is 487 g/mol. The first kappa shape index (κ1) is 24.8. The summed E-state index contributed by atoms with van der Waals surface area (Å²) in [5, 5.41) is 12.5. The van der Waals surface area contributed by atoms with Gasteiger partial charge in [-0.3, -0.25) is 14.4 Å². The molecule has 1 aromatic rings. The molecular weight excluding hydrogens is 454 g/mol. The highest BCUT2D eigenvalue weighted by Gasteiger charge is 2.44. The number of benzene rings is 1. The molecule has 2 heterocycles. The fourth-order valence-corrected chi connectivity index (χ4v) is 4.43. The van der Waals surface area contributed by atoms with Crippen LogP contribution in [0.15, 0.2) is 18.2 Å². The number of piperidine rings is 1. The number of nitrogens with zero attached hydrogens (tertiary/aromatic N) is 2. The van der Waals surface area contributed by atoms with Crippen LogP contribution in [-0.4, -0.2) is 64.2 Å². The van der Waals surface area contributed by atoms with E-state index in [9.17, 15) is 24.3 Å². The molecule has 2 fully saturated rings. The second-order valence-corrected chi connectivity index (χ2v) is 11.0. The van der Waals surface area contributed by atoms with Gasteiger partial charge in [-0.25, -0.2) is 4.79 Å². The van der Waals surface area contributed by atoms with Gasteiger partial charge in [-0.2, -0.15) is 0 Å². The lowest BCUT2D eigenvalue weighted by Gasteiger charge is -2.38. The molecule has 3 aliphatic rings. The first-order valence-electron chi connectivity index (χ1n) is 11.9. The number of likely N-dealkylation sites (tertiary alicyclic amines) is 1. The number of carbonyl (C=O) groups is 4. The summed E-state index contributed by atoms with van der Waals surface area (Å²) < 4.78 is 11.2. The Bertz CT molecular complexity index is 1060. The molecule has 2 aliphatic heterocycles. The van der Waals surface area contributed by atoms with Gasteiger partial charge < -0.3 is 29.7 Å². The van der Waals surface area contributed by atoms with Crippen molar-refractivity contribution in [3.63, 3.8) is 0 Å². The minimum atomic E-state index is -1.05. The van der Waals surface area contributed by atoms with Crippen LogP contribution in [0.5, 0.6) is 5.75 Å². The number of anilines is 2. The zero-order valence-corrected chi connectivity index (χ0v) is 20.8. The van der Waals surface area contributed by atoms with Gasteiger partial charge in [0.1, 0.15) is 11.4 Å². The topological polar surface area (TPSA) is 125 Å². The maximum absolute atomic E-state index is 13.8. The number of carboxylic acid groups (broad SMARTS) is 1. The molecule has 2 atom stereocenters. The molecule has 1 aromatic carbocycles. The summed E-state index contributed by atoms with van der Waals surface area (Å²) in [6.45, 7) is 8.65. The summed E-state index contributed by atoms with van der Waals surface area (Å²) in [5.74, 6) is -2.62. The summed E-state index contributed by atoms with van der Waals surface area (Å²) in [7, 11) is 0. The second-order valence-electron chi connectivity index (χ2n) is 11.0. The quantitative estimate of drug-likeness (QED) is 0.668. The zero-order chi connectivity index (χ0) is 25.7. The molecule has 1 saturated carbocycles. The molecule has 10 nitrogen and oxygen atoms in total. The highest BCUT2D eigenvalue weighted by atomic mass is 16.6. The zero-order valence-electron chi connectivity index (χ0n) is 20.8. The molecule has 10 heteroatoms. The van der Waals surface area contributed by atoms with Gasteiger partial charge in [-0.05, 0) is 72.1 Å². The molecule has 3 amide bonds. The summed E-state index contributed by atoms with van der Waals surface area (Å²) >= 11 is 0. The first-order valence-corrected chi connectivity index (χ1v) is 11.9. The third-order valence-electron chi connectivity index (χ3n) is 6.35. The molecule has 1 aliphatic carbocycles. The van der Waals surface area contributed by atoms with E-state index >= 15 is 0 Å². The van der Waals surface area contributed by atoms with E-state index in [1.807, 2.05) is 0 Å². The van der Waals surface area contributed by atoms with Crippen molar-refractivity contribution in [3.8, 4) is 5.75 Å². The molecule has 0 spiro atoms. The average molecular weight is 488 g/mol. The van der Waals surface area contributed by atoms with Crippen molar-refractivity contribution in [3.05, 3.63) is 18.2 Å². The van der Waals surface area contributed by atoms with Crippen molar-refractivity contribution in [2.75, 3.05) is 23.3 Å². The van der Waals surface area contributed by atoms with Crippen molar-refractivity contribution in [1.82, 2.24) is 4.90 Å². The molecule has 0 unspecified atom stereocenters. The lowest BCUT2D eigenvalue weighted by Crippen LogP contribution is -2.52. The number of rotatable bonds is 4. The van der Waals surface area contributed by atoms with Crippen molar-refractivity contribution in [2.24, 2.45) is 11.8 Å². The van der Waals surface area contributed by atoms with E-state index in [1.165, 1.54) is 4.90 Å². The fourth-order valence-electron chi connectivity index (χ4n) is 4.43. The molecule has 2 N–H and O–H groups in total. The summed E-state index contributed by atoms with van der Waals surface area (Å²) in [6.07, 6.45) is 1.15. The Hall–Kier alpha value is -3.30. The van der Waals surface area contributed by atoms with Crippen LogP contribution in [-0.2, 0) is 19.1 Å². The van der Waals surface area contributed by atoms with Crippen LogP contribution in [0, 0.1) is 11.8 Å². The van der Waals surface area contributed by atoms with Crippen molar-refractivity contribution < 1.29 is 33.8 Å². The van der Waals surface area contributed by atoms with E-state index in [-0.39, 0.29) is 37.4 Å². The number of amides is 3. The third kappa shape index (κ3) is 5.36. The summed E-state index contributed by atoms with van der Waals surface area (Å²) in [5.41, 5.74) is -0.662. The summed E-state index contributed by atoms with van der Waals surface area (Å²) in [4.78, 5) is 53.7. The van der Waals surface area contributed by atoms with Crippen molar-refractivity contribution >= 4 is 35.3 Å². The van der Waals surface area contributed by atoms with E-state index in [1.54, 1.807) is 57.7 Å². The Morgan fingerprint density at radius 2 is 1.83 bits per heavy atom. The highest BCUT2D eigenvalue weighted by molar-refractivity contribution is 6.02. The molecule has 0 radical (unpaired) electrons. The number of fused-ring (bicyclic) bond motifs is 1. The van der Waals surface area contributed by atoms with E-state index in [0.717, 1.165) is 12.8 Å². The van der Waals surface area contributed by atoms with Gasteiger partial charge in [0.15, 0.2) is 5.60 Å². The molecule has 190 valence electrons. The van der Waals surface area contributed by atoms with Gasteiger partial charge in [0.25, 0.3) is 5.91 Å². The Morgan fingerprint density at radius 1 is 1.17 bits per heavy atom. The Kier molecular flexibility index (Phi) is 6.19. The first-order chi connectivity index (χ1) is 16.2. The predicted molar refractivity (Wildman–Crippen MR) is 127 cm³/mol. The van der Waals surface area contributed by atoms with Crippen LogP contribution in [0.3, 0.4) is 0 Å². The molecule has 0 bridgehead atoms. The fraction of sp³-hybridized carbons (Fsp3) is 0.600. The minimum Gasteiger partial charge on any atom is -0.481 e. The van der Waals surface area contributed by atoms with Gasteiger partial charge in [-0.1, -0.05) is 0 Å². The van der Waals surface area contributed by atoms with Gasteiger partial charge >= 0.3 is 12.1 Å². The number of aliphatic carboxylic acids is 1. The van der Waals surface area contributed by atoms with Crippen LogP contribution < -0.4 is 15.0 Å². The highest BCUT2D eigenvalue weighted by Crippen LogP contribution is 2.40. The number of carboxylic acids is 1. The van der Waals surface area contributed by atoms with Crippen molar-refractivity contribution in [1.29, 1.82) is 0 Å². The number of hydrogen-bond acceptors (Lipinski definition) is 6. The average Bonchev–Trinajstić information content (AvgIpc) is 3.58. The lowest BCUT2D eigenvalue weighted by molar-refractivity contribution is -0.145. The molecule has 35 heavy (non-hydrogen) atoms. The van der Waals surface area contributed by atoms with Gasteiger partial charge in [0.05, 0.1) is 17.5 Å². The van der Waals surface area contributed by atoms with Crippen LogP contribution in [0.1, 0.15) is 53.9 Å². The third-order valence-corrected chi connectivity index (χ3v) is 6.35. The Balaban J connectivity index is 1.59. The maximum Gasteiger partial charge on any atom is 0.410 e. The normalized spacial score (nSPS) is 23.5. The Labute approximate surface area is 204 Å². The van der Waals surface area contributed by atoms with Crippen LogP contribution in [0.4, 0.5) is 16.2 Å². The van der Waals surface area contributed by atoms with E-state index in [4.69, 9.17) is 9.47 Å². The number of hydrogen-bond donors (Lipinski definition) is 2. The van der Waals surface area contributed by atoms with E-state index in [2.05, 4.69) is 5.32 Å². The predicted octanol–water partition coefficient (Wildman–Crippen LogP) is 3.25. The minimum absolute atomic E-state index is 0.00451. The number of carbonyl (C=O) groups excluding carboxylic acids is 3. The molecule has 1 saturated heterocycles. The molecule has 4 rings (SSSR count). The van der Waals surface area contributed by atoms with Crippen molar-refractivity contribution in [2.45, 2.75) is 71.1 Å². The van der Waals surface area contributed by atoms with Gasteiger partial charge in [0.2, 0.25) is 5.91 Å². The Morgan fingerprint density at radius 3 is 2.43 bits per heavy atom. The lowest BCUT2D eigenvalue weighted by atomic mass is 9.88. The summed E-state index contributed by atoms with van der Waals surface area (Å²) in [6, 6.07) is 5.19. The van der Waals surface area contributed by atoms with Crippen LogP contribution in [0.2, 0.25) is 0 Å². The largest absolute Gasteiger partial charge is 0.481 e. The second kappa shape index (κ2) is 8.73. The van der Waals surface area contributed by atoms with Crippen LogP contribution in [0.25, 0.3) is 0 Å².